The molecule has 1 heterocycles. The molecule has 0 aliphatic carbocycles. The molecule has 0 saturated heterocycles. The normalized spacial score (nSPS) is 11.8. The number of carboxylic acid groups (broad SMARTS) is 1. The first-order chi connectivity index (χ1) is 8.63. The highest BCUT2D eigenvalue weighted by Crippen LogP contribution is 2.35. The molecule has 0 aliphatic heterocycles. The van der Waals surface area contributed by atoms with E-state index in [-0.39, 0.29) is 5.02 Å². The molecule has 0 radical (unpaired) electrons. The highest BCUT2D eigenvalue weighted by atomic mass is 35.5. The van der Waals surface area contributed by atoms with Crippen molar-refractivity contribution in [2.24, 2.45) is 5.41 Å². The second-order valence-electron chi connectivity index (χ2n) is 5.31. The van der Waals surface area contributed by atoms with Gasteiger partial charge in [-0.15, -0.1) is 0 Å². The number of nitrogens with zero attached hydrogens (tertiary/aromatic N) is 2. The monoisotopic (exact) mass is 281 g/mol. The van der Waals surface area contributed by atoms with Gasteiger partial charge in [-0.2, -0.15) is 5.26 Å². The van der Waals surface area contributed by atoms with Gasteiger partial charge >= 0.3 is 5.97 Å². The first-order valence-corrected chi connectivity index (χ1v) is 6.07. The third kappa shape index (κ3) is 2.79. The van der Waals surface area contributed by atoms with E-state index in [4.69, 9.17) is 16.9 Å². The van der Waals surface area contributed by atoms with Crippen LogP contribution >= 0.6 is 11.6 Å². The molecule has 1 aromatic heterocycles. The zero-order valence-electron chi connectivity index (χ0n) is 11.3. The van der Waals surface area contributed by atoms with E-state index < -0.39 is 16.9 Å². The first kappa shape index (κ1) is 15.3. The quantitative estimate of drug-likeness (QED) is 0.886. The second-order valence-corrected chi connectivity index (χ2v) is 5.69. The van der Waals surface area contributed by atoms with Crippen LogP contribution in [0.5, 0.6) is 0 Å². The lowest BCUT2D eigenvalue weighted by atomic mass is 9.74. The Morgan fingerprint density at radius 2 is 2.05 bits per heavy atom. The smallest absolute Gasteiger partial charge is 0.311 e. The number of anilines is 1. The molecule has 0 bridgehead atoms. The predicted octanol–water partition coefficient (Wildman–Crippen LogP) is 2.91. The van der Waals surface area contributed by atoms with Crippen LogP contribution in [0.3, 0.4) is 0 Å². The zero-order chi connectivity index (χ0) is 14.8. The number of hydrogen-bond acceptors (Lipinski definition) is 4. The fourth-order valence-electron chi connectivity index (χ4n) is 1.34. The number of aromatic nitrogens is 1. The number of aliphatic carboxylic acids is 1. The van der Waals surface area contributed by atoms with E-state index in [9.17, 15) is 9.90 Å². The molecule has 6 heteroatoms. The highest BCUT2D eigenvalue weighted by molar-refractivity contribution is 6.34. The molecule has 2 N–H and O–H groups in total. The van der Waals surface area contributed by atoms with Crippen molar-refractivity contribution in [2.45, 2.75) is 33.2 Å². The topological polar surface area (TPSA) is 86.0 Å². The lowest BCUT2D eigenvalue weighted by Gasteiger charge is -2.39. The Labute approximate surface area is 117 Å². The molecule has 0 saturated carbocycles. The summed E-state index contributed by atoms with van der Waals surface area (Å²) in [6.07, 6.45) is 1.45. The van der Waals surface area contributed by atoms with Gasteiger partial charge in [-0.25, -0.2) is 4.98 Å². The standard InChI is InChI=1S/C13H16ClN3O2/c1-12(2,11(18)19)13(3,4)17-10-9(14)8(7-15)5-6-16-10/h5-6H,1-4H3,(H,16,17)(H,18,19). The average Bonchev–Trinajstić information content (AvgIpc) is 2.31. The number of hydrogen-bond donors (Lipinski definition) is 2. The average molecular weight is 282 g/mol. The minimum absolute atomic E-state index is 0.194. The SMILES string of the molecule is CC(C)(Nc1nccc(C#N)c1Cl)C(C)(C)C(=O)O. The molecule has 0 aliphatic rings. The van der Waals surface area contributed by atoms with Gasteiger partial charge in [0.05, 0.1) is 11.0 Å². The summed E-state index contributed by atoms with van der Waals surface area (Å²) >= 11 is 6.05. The molecule has 0 fully saturated rings. The summed E-state index contributed by atoms with van der Waals surface area (Å²) in [6.45, 7) is 6.73. The van der Waals surface area contributed by atoms with Crippen LogP contribution in [0.2, 0.25) is 5.02 Å². The lowest BCUT2D eigenvalue weighted by Crippen LogP contribution is -2.50. The van der Waals surface area contributed by atoms with Gasteiger partial charge in [0.2, 0.25) is 0 Å². The van der Waals surface area contributed by atoms with E-state index in [0.717, 1.165) is 0 Å². The van der Waals surface area contributed by atoms with E-state index in [1.54, 1.807) is 27.7 Å². The number of carboxylic acids is 1. The van der Waals surface area contributed by atoms with Gasteiger partial charge in [0.1, 0.15) is 16.9 Å². The van der Waals surface area contributed by atoms with Gasteiger partial charge in [-0.3, -0.25) is 4.79 Å². The summed E-state index contributed by atoms with van der Waals surface area (Å²) in [7, 11) is 0. The molecule has 0 atom stereocenters. The van der Waals surface area contributed by atoms with Gasteiger partial charge in [-0.05, 0) is 33.8 Å². The van der Waals surface area contributed by atoms with Crippen LogP contribution in [-0.4, -0.2) is 21.6 Å². The van der Waals surface area contributed by atoms with E-state index in [1.165, 1.54) is 12.3 Å². The number of nitriles is 1. The van der Waals surface area contributed by atoms with Gasteiger partial charge in [0.25, 0.3) is 0 Å². The molecule has 19 heavy (non-hydrogen) atoms. The summed E-state index contributed by atoms with van der Waals surface area (Å²) in [5.41, 5.74) is -1.55. The van der Waals surface area contributed by atoms with Crippen molar-refractivity contribution in [2.75, 3.05) is 5.32 Å². The van der Waals surface area contributed by atoms with Crippen LogP contribution in [0.4, 0.5) is 5.82 Å². The summed E-state index contributed by atoms with van der Waals surface area (Å²) < 4.78 is 0. The second kappa shape index (κ2) is 5.06. The van der Waals surface area contributed by atoms with Crippen LogP contribution in [-0.2, 0) is 4.79 Å². The van der Waals surface area contributed by atoms with Crippen molar-refractivity contribution in [1.82, 2.24) is 4.98 Å². The lowest BCUT2D eigenvalue weighted by molar-refractivity contribution is -0.149. The molecule has 0 spiro atoms. The molecule has 0 unspecified atom stereocenters. The third-order valence-corrected chi connectivity index (χ3v) is 3.92. The van der Waals surface area contributed by atoms with Crippen molar-refractivity contribution in [3.8, 4) is 6.07 Å². The fourth-order valence-corrected chi connectivity index (χ4v) is 1.54. The Morgan fingerprint density at radius 3 is 2.53 bits per heavy atom. The van der Waals surface area contributed by atoms with E-state index in [2.05, 4.69) is 10.3 Å². The maximum absolute atomic E-state index is 11.3. The molecule has 0 aromatic carbocycles. The van der Waals surface area contributed by atoms with Crippen molar-refractivity contribution in [3.63, 3.8) is 0 Å². The predicted molar refractivity (Wildman–Crippen MR) is 73.1 cm³/mol. The molecule has 102 valence electrons. The molecule has 1 rings (SSSR count). The number of rotatable bonds is 4. The Balaban J connectivity index is 3.16. The van der Waals surface area contributed by atoms with E-state index in [0.29, 0.717) is 11.4 Å². The van der Waals surface area contributed by atoms with Crippen LogP contribution in [0, 0.1) is 16.7 Å². The third-order valence-electron chi connectivity index (χ3n) is 3.54. The molecule has 5 nitrogen and oxygen atoms in total. The Bertz CT molecular complexity index is 547. The largest absolute Gasteiger partial charge is 0.481 e. The minimum Gasteiger partial charge on any atom is -0.481 e. The summed E-state index contributed by atoms with van der Waals surface area (Å²) in [5.74, 6) is -0.627. The van der Waals surface area contributed by atoms with Gasteiger partial charge in [0, 0.05) is 11.7 Å². The maximum atomic E-state index is 11.3. The zero-order valence-corrected chi connectivity index (χ0v) is 12.0. The van der Waals surface area contributed by atoms with Crippen LogP contribution in [0.15, 0.2) is 12.3 Å². The van der Waals surface area contributed by atoms with Crippen LogP contribution < -0.4 is 5.32 Å². The number of nitrogens with one attached hydrogen (secondary N) is 1. The van der Waals surface area contributed by atoms with Crippen molar-refractivity contribution in [3.05, 3.63) is 22.8 Å². The number of pyridine rings is 1. The van der Waals surface area contributed by atoms with E-state index >= 15 is 0 Å². The van der Waals surface area contributed by atoms with Gasteiger partial charge in [0.15, 0.2) is 0 Å². The molecule has 0 amide bonds. The first-order valence-electron chi connectivity index (χ1n) is 5.69. The van der Waals surface area contributed by atoms with Crippen LogP contribution in [0.1, 0.15) is 33.3 Å². The summed E-state index contributed by atoms with van der Waals surface area (Å²) in [5, 5.41) is 21.4. The molecular weight excluding hydrogens is 266 g/mol. The van der Waals surface area contributed by atoms with Crippen LogP contribution in [0.25, 0.3) is 0 Å². The Kier molecular flexibility index (Phi) is 4.06. The molecule has 1 aromatic rings. The fraction of sp³-hybridized carbons (Fsp3) is 0.462. The molecular formula is C13H16ClN3O2. The maximum Gasteiger partial charge on any atom is 0.311 e. The highest BCUT2D eigenvalue weighted by Gasteiger charge is 2.44. The number of halogens is 1. The Morgan fingerprint density at radius 1 is 1.47 bits per heavy atom. The Hall–Kier alpha value is -1.80. The minimum atomic E-state index is -1.04. The summed E-state index contributed by atoms with van der Waals surface area (Å²) in [4.78, 5) is 15.4. The van der Waals surface area contributed by atoms with Crippen molar-refractivity contribution in [1.29, 1.82) is 5.26 Å². The van der Waals surface area contributed by atoms with Gasteiger partial charge < -0.3 is 10.4 Å². The van der Waals surface area contributed by atoms with Crippen molar-refractivity contribution >= 4 is 23.4 Å². The van der Waals surface area contributed by atoms with E-state index in [1.807, 2.05) is 6.07 Å². The van der Waals surface area contributed by atoms with Crippen molar-refractivity contribution < 1.29 is 9.90 Å². The summed E-state index contributed by atoms with van der Waals surface area (Å²) in [6, 6.07) is 3.46. The number of carbonyl (C=O) groups is 1. The van der Waals surface area contributed by atoms with Gasteiger partial charge in [-0.1, -0.05) is 11.6 Å².